The summed E-state index contributed by atoms with van der Waals surface area (Å²) in [4.78, 5) is 17.9. The Balaban J connectivity index is 0.00000364. The third-order valence-electron chi connectivity index (χ3n) is 4.71. The van der Waals surface area contributed by atoms with Crippen LogP contribution in [0.2, 0.25) is 0 Å². The molecule has 1 amide bonds. The maximum absolute atomic E-state index is 11.9. The molecule has 1 fully saturated rings. The van der Waals surface area contributed by atoms with Crippen LogP contribution in [0, 0.1) is 5.92 Å². The third-order valence-corrected chi connectivity index (χ3v) is 4.71. The molecule has 27 heavy (non-hydrogen) atoms. The van der Waals surface area contributed by atoms with Gasteiger partial charge in [0.05, 0.1) is 6.54 Å². The Morgan fingerprint density at radius 1 is 1.22 bits per heavy atom. The average molecular weight is 488 g/mol. The zero-order valence-corrected chi connectivity index (χ0v) is 18.9. The molecular formula is C20H33IN4O2. The SMILES string of the molecule is CC1CCCCC1NC(=NCC(=O)N(C)C)NCCOc1ccccc1.I. The molecule has 0 aromatic heterocycles. The molecule has 0 aliphatic heterocycles. The summed E-state index contributed by atoms with van der Waals surface area (Å²) < 4.78 is 5.71. The van der Waals surface area contributed by atoms with Crippen LogP contribution >= 0.6 is 24.0 Å². The van der Waals surface area contributed by atoms with E-state index in [-0.39, 0.29) is 36.4 Å². The number of nitrogens with one attached hydrogen (secondary N) is 2. The van der Waals surface area contributed by atoms with Gasteiger partial charge in [-0.3, -0.25) is 4.79 Å². The lowest BCUT2D eigenvalue weighted by Crippen LogP contribution is -2.48. The maximum Gasteiger partial charge on any atom is 0.243 e. The summed E-state index contributed by atoms with van der Waals surface area (Å²) in [5, 5.41) is 6.81. The number of nitrogens with zero attached hydrogens (tertiary/aromatic N) is 2. The van der Waals surface area contributed by atoms with Crippen LogP contribution in [-0.2, 0) is 4.79 Å². The number of rotatable bonds is 7. The van der Waals surface area contributed by atoms with E-state index in [1.54, 1.807) is 19.0 Å². The van der Waals surface area contributed by atoms with Crippen molar-refractivity contribution >= 4 is 35.8 Å². The first-order valence-corrected chi connectivity index (χ1v) is 9.49. The fourth-order valence-electron chi connectivity index (χ4n) is 3.00. The first-order valence-electron chi connectivity index (χ1n) is 9.49. The molecule has 152 valence electrons. The molecule has 2 atom stereocenters. The smallest absolute Gasteiger partial charge is 0.243 e. The van der Waals surface area contributed by atoms with E-state index < -0.39 is 0 Å². The van der Waals surface area contributed by atoms with Crippen LogP contribution in [0.3, 0.4) is 0 Å². The van der Waals surface area contributed by atoms with Gasteiger partial charge in [0.15, 0.2) is 5.96 Å². The molecule has 0 spiro atoms. The van der Waals surface area contributed by atoms with E-state index in [1.165, 1.54) is 19.3 Å². The molecule has 0 bridgehead atoms. The van der Waals surface area contributed by atoms with Crippen LogP contribution in [0.5, 0.6) is 5.75 Å². The first kappa shape index (κ1) is 23.5. The summed E-state index contributed by atoms with van der Waals surface area (Å²) in [6.45, 7) is 3.57. The van der Waals surface area contributed by atoms with Gasteiger partial charge in [0.1, 0.15) is 18.9 Å². The van der Waals surface area contributed by atoms with Gasteiger partial charge in [0.25, 0.3) is 0 Å². The van der Waals surface area contributed by atoms with Gasteiger partial charge < -0.3 is 20.3 Å². The van der Waals surface area contributed by atoms with Gasteiger partial charge in [-0.25, -0.2) is 4.99 Å². The minimum Gasteiger partial charge on any atom is -0.492 e. The molecule has 0 heterocycles. The number of aliphatic imine (C=N–C) groups is 1. The molecule has 7 heteroatoms. The second-order valence-electron chi connectivity index (χ2n) is 7.05. The summed E-state index contributed by atoms with van der Waals surface area (Å²) in [6.07, 6.45) is 4.91. The lowest BCUT2D eigenvalue weighted by atomic mass is 9.86. The van der Waals surface area contributed by atoms with Gasteiger partial charge in [-0.1, -0.05) is 38.0 Å². The van der Waals surface area contributed by atoms with Crippen LogP contribution in [0.15, 0.2) is 35.3 Å². The molecule has 1 aliphatic carbocycles. The Morgan fingerprint density at radius 3 is 2.59 bits per heavy atom. The van der Waals surface area contributed by atoms with Crippen LogP contribution in [0.25, 0.3) is 0 Å². The van der Waals surface area contributed by atoms with Crippen molar-refractivity contribution in [2.75, 3.05) is 33.8 Å². The Morgan fingerprint density at radius 2 is 1.93 bits per heavy atom. The monoisotopic (exact) mass is 488 g/mol. The normalized spacial score (nSPS) is 19.6. The van der Waals surface area contributed by atoms with Gasteiger partial charge in [-0.15, -0.1) is 24.0 Å². The van der Waals surface area contributed by atoms with Crippen molar-refractivity contribution in [3.8, 4) is 5.75 Å². The van der Waals surface area contributed by atoms with Gasteiger partial charge >= 0.3 is 0 Å². The molecule has 2 rings (SSSR count). The van der Waals surface area contributed by atoms with Gasteiger partial charge in [-0.2, -0.15) is 0 Å². The molecule has 2 unspecified atom stereocenters. The number of para-hydroxylation sites is 1. The number of hydrogen-bond acceptors (Lipinski definition) is 3. The highest BCUT2D eigenvalue weighted by molar-refractivity contribution is 14.0. The molecule has 1 aliphatic rings. The molecule has 2 N–H and O–H groups in total. The molecule has 0 radical (unpaired) electrons. The van der Waals surface area contributed by atoms with Gasteiger partial charge in [-0.05, 0) is 30.9 Å². The minimum atomic E-state index is -0.0108. The topological polar surface area (TPSA) is 66.0 Å². The number of halogens is 1. The number of amides is 1. The number of carbonyl (C=O) groups excluding carboxylic acids is 1. The van der Waals surface area contributed by atoms with Crippen molar-refractivity contribution in [1.29, 1.82) is 0 Å². The minimum absolute atomic E-state index is 0. The largest absolute Gasteiger partial charge is 0.492 e. The fourth-order valence-corrected chi connectivity index (χ4v) is 3.00. The quantitative estimate of drug-likeness (QED) is 0.268. The van der Waals surface area contributed by atoms with E-state index in [4.69, 9.17) is 4.74 Å². The molecule has 1 saturated carbocycles. The Kier molecular flexibility index (Phi) is 11.2. The van der Waals surface area contributed by atoms with Crippen molar-refractivity contribution in [3.63, 3.8) is 0 Å². The standard InChI is InChI=1S/C20H32N4O2.HI/c1-16-9-7-8-12-18(16)23-20(22-15-19(25)24(2)3)21-13-14-26-17-10-5-4-6-11-17;/h4-6,10-11,16,18H,7-9,12-15H2,1-3H3,(H2,21,22,23);1H. The molecule has 1 aromatic carbocycles. The van der Waals surface area contributed by atoms with Crippen molar-refractivity contribution in [2.24, 2.45) is 10.9 Å². The van der Waals surface area contributed by atoms with Crippen LogP contribution in [0.1, 0.15) is 32.6 Å². The van der Waals surface area contributed by atoms with Gasteiger partial charge in [0, 0.05) is 20.1 Å². The van der Waals surface area contributed by atoms with Crippen LogP contribution in [0.4, 0.5) is 0 Å². The predicted molar refractivity (Wildman–Crippen MR) is 121 cm³/mol. The second kappa shape index (κ2) is 12.8. The lowest BCUT2D eigenvalue weighted by molar-refractivity contribution is -0.127. The lowest BCUT2D eigenvalue weighted by Gasteiger charge is -2.31. The number of carbonyl (C=O) groups is 1. The molecule has 0 saturated heterocycles. The highest BCUT2D eigenvalue weighted by atomic mass is 127. The van der Waals surface area contributed by atoms with Gasteiger partial charge in [0.2, 0.25) is 5.91 Å². The van der Waals surface area contributed by atoms with E-state index in [2.05, 4.69) is 22.5 Å². The zero-order valence-electron chi connectivity index (χ0n) is 16.6. The van der Waals surface area contributed by atoms with Crippen molar-refractivity contribution in [2.45, 2.75) is 38.6 Å². The molecule has 1 aromatic rings. The van der Waals surface area contributed by atoms with E-state index >= 15 is 0 Å². The summed E-state index contributed by atoms with van der Waals surface area (Å²) in [7, 11) is 3.49. The van der Waals surface area contributed by atoms with Crippen molar-refractivity contribution < 1.29 is 9.53 Å². The highest BCUT2D eigenvalue weighted by Gasteiger charge is 2.22. The summed E-state index contributed by atoms with van der Waals surface area (Å²) in [5.74, 6) is 2.14. The van der Waals surface area contributed by atoms with E-state index in [1.807, 2.05) is 30.3 Å². The first-order chi connectivity index (χ1) is 12.6. The predicted octanol–water partition coefficient (Wildman–Crippen LogP) is 2.89. The van der Waals surface area contributed by atoms with E-state index in [0.717, 1.165) is 12.2 Å². The Bertz CT molecular complexity index is 581. The van der Waals surface area contributed by atoms with E-state index in [9.17, 15) is 4.79 Å². The zero-order chi connectivity index (χ0) is 18.8. The number of benzene rings is 1. The Hall–Kier alpha value is -1.51. The third kappa shape index (κ3) is 8.81. The summed E-state index contributed by atoms with van der Waals surface area (Å²) in [6, 6.07) is 10.1. The average Bonchev–Trinajstić information content (AvgIpc) is 2.65. The Labute approximate surface area is 180 Å². The maximum atomic E-state index is 11.9. The number of hydrogen-bond donors (Lipinski definition) is 2. The highest BCUT2D eigenvalue weighted by Crippen LogP contribution is 2.23. The number of likely N-dealkylation sites (N-methyl/N-ethyl adjacent to an activating group) is 1. The number of ether oxygens (including phenoxy) is 1. The van der Waals surface area contributed by atoms with Crippen molar-refractivity contribution in [1.82, 2.24) is 15.5 Å². The van der Waals surface area contributed by atoms with Crippen molar-refractivity contribution in [3.05, 3.63) is 30.3 Å². The number of guanidine groups is 1. The second-order valence-corrected chi connectivity index (χ2v) is 7.05. The molecule has 6 nitrogen and oxygen atoms in total. The van der Waals surface area contributed by atoms with Crippen LogP contribution in [-0.4, -0.2) is 56.6 Å². The summed E-state index contributed by atoms with van der Waals surface area (Å²) >= 11 is 0. The fraction of sp³-hybridized carbons (Fsp3) is 0.600. The van der Waals surface area contributed by atoms with E-state index in [0.29, 0.717) is 31.1 Å². The van der Waals surface area contributed by atoms with Crippen LogP contribution < -0.4 is 15.4 Å². The summed E-state index contributed by atoms with van der Waals surface area (Å²) in [5.41, 5.74) is 0. The molecular weight excluding hydrogens is 455 g/mol.